The molecule has 1 saturated heterocycles. The number of thiocarbonyl (C=S) groups is 1. The van der Waals surface area contributed by atoms with E-state index < -0.39 is 6.23 Å². The summed E-state index contributed by atoms with van der Waals surface area (Å²) in [4.78, 5) is 30.2. The van der Waals surface area contributed by atoms with Crippen LogP contribution < -0.4 is 0 Å². The van der Waals surface area contributed by atoms with Crippen molar-refractivity contribution in [1.29, 1.82) is 0 Å². The molecule has 7 heteroatoms. The molecule has 0 spiro atoms. The molecule has 27 heavy (non-hydrogen) atoms. The predicted octanol–water partition coefficient (Wildman–Crippen LogP) is 2.82. The molecule has 2 atom stereocenters. The first-order chi connectivity index (χ1) is 13.1. The first-order valence-electron chi connectivity index (χ1n) is 8.97. The van der Waals surface area contributed by atoms with E-state index in [-0.39, 0.29) is 30.9 Å². The van der Waals surface area contributed by atoms with Crippen molar-refractivity contribution >= 4 is 40.0 Å². The Morgan fingerprint density at radius 1 is 1.22 bits per heavy atom. The van der Waals surface area contributed by atoms with Crippen molar-refractivity contribution in [2.75, 3.05) is 13.1 Å². The molecule has 2 aromatic rings. The molecule has 2 heterocycles. The number of hydrogen-bond donors (Lipinski definition) is 0. The SMILES string of the molecule is CCC1CN(N2C(=O)Cc3ccc4ccccc4c3C2=O)CC(N=C=S)O1. The van der Waals surface area contributed by atoms with Crippen LogP contribution in [0.25, 0.3) is 10.8 Å². The summed E-state index contributed by atoms with van der Waals surface area (Å²) in [6, 6.07) is 11.6. The smallest absolute Gasteiger partial charge is 0.276 e. The average molecular weight is 381 g/mol. The van der Waals surface area contributed by atoms with E-state index in [2.05, 4.69) is 10.2 Å². The Bertz CT molecular complexity index is 970. The van der Waals surface area contributed by atoms with E-state index in [9.17, 15) is 9.59 Å². The molecule has 6 nitrogen and oxygen atoms in total. The molecule has 2 unspecified atom stereocenters. The van der Waals surface area contributed by atoms with Crippen molar-refractivity contribution in [3.8, 4) is 0 Å². The van der Waals surface area contributed by atoms with E-state index >= 15 is 0 Å². The maximum Gasteiger partial charge on any atom is 0.276 e. The van der Waals surface area contributed by atoms with E-state index in [1.54, 1.807) is 5.01 Å². The van der Waals surface area contributed by atoms with E-state index in [4.69, 9.17) is 17.0 Å². The maximum absolute atomic E-state index is 13.4. The minimum Gasteiger partial charge on any atom is -0.350 e. The van der Waals surface area contributed by atoms with Gasteiger partial charge in [-0.15, -0.1) is 0 Å². The quantitative estimate of drug-likeness (QED) is 0.465. The lowest BCUT2D eigenvalue weighted by molar-refractivity contribution is -0.164. The lowest BCUT2D eigenvalue weighted by Crippen LogP contribution is -2.60. The van der Waals surface area contributed by atoms with Crippen molar-refractivity contribution < 1.29 is 14.3 Å². The number of amides is 2. The fourth-order valence-corrected chi connectivity index (χ4v) is 3.89. The van der Waals surface area contributed by atoms with Crippen LogP contribution in [-0.4, -0.2) is 52.4 Å². The van der Waals surface area contributed by atoms with E-state index in [0.29, 0.717) is 12.1 Å². The van der Waals surface area contributed by atoms with Crippen LogP contribution in [0.4, 0.5) is 0 Å². The number of carbonyl (C=O) groups is 2. The Labute approximate surface area is 162 Å². The number of morpholine rings is 1. The first kappa shape index (κ1) is 17.9. The van der Waals surface area contributed by atoms with E-state index in [1.807, 2.05) is 43.3 Å². The molecule has 0 saturated carbocycles. The van der Waals surface area contributed by atoms with Crippen molar-refractivity contribution in [1.82, 2.24) is 10.0 Å². The number of isothiocyanates is 1. The molecule has 0 aliphatic carbocycles. The van der Waals surface area contributed by atoms with Crippen LogP contribution in [0.1, 0.15) is 29.3 Å². The van der Waals surface area contributed by atoms with Gasteiger partial charge < -0.3 is 4.74 Å². The zero-order chi connectivity index (χ0) is 19.0. The van der Waals surface area contributed by atoms with Gasteiger partial charge in [0, 0.05) is 6.54 Å². The lowest BCUT2D eigenvalue weighted by Gasteiger charge is -2.42. The number of hydrogen-bond acceptors (Lipinski definition) is 6. The standard InChI is InChI=1S/C20H19N3O3S/c1-2-15-10-22(11-17(26-15)21-12-27)23-18(24)9-14-8-7-13-5-3-4-6-16(13)19(14)20(23)25/h3-8,15,17H,2,9-11H2,1H3. The number of imide groups is 1. The maximum atomic E-state index is 13.4. The number of carbonyl (C=O) groups excluding carboxylic acids is 2. The number of ether oxygens (including phenoxy) is 1. The van der Waals surface area contributed by atoms with Gasteiger partial charge in [-0.2, -0.15) is 4.99 Å². The average Bonchev–Trinajstić information content (AvgIpc) is 2.67. The van der Waals surface area contributed by atoms with Crippen molar-refractivity contribution in [3.05, 3.63) is 47.5 Å². The number of benzene rings is 2. The number of rotatable bonds is 3. The van der Waals surface area contributed by atoms with Gasteiger partial charge >= 0.3 is 0 Å². The van der Waals surface area contributed by atoms with Crippen LogP contribution in [0.5, 0.6) is 0 Å². The normalized spacial score (nSPS) is 23.2. The summed E-state index contributed by atoms with van der Waals surface area (Å²) in [5.74, 6) is -0.524. The van der Waals surface area contributed by atoms with Crippen LogP contribution in [0, 0.1) is 0 Å². The molecular weight excluding hydrogens is 362 g/mol. The predicted molar refractivity (Wildman–Crippen MR) is 104 cm³/mol. The highest BCUT2D eigenvalue weighted by atomic mass is 32.1. The van der Waals surface area contributed by atoms with Gasteiger partial charge in [0.2, 0.25) is 5.91 Å². The fourth-order valence-electron chi connectivity index (χ4n) is 3.78. The summed E-state index contributed by atoms with van der Waals surface area (Å²) in [7, 11) is 0. The molecule has 138 valence electrons. The molecule has 2 aromatic carbocycles. The third kappa shape index (κ3) is 3.19. The second-order valence-corrected chi connectivity index (χ2v) is 6.90. The molecule has 2 aliphatic heterocycles. The summed E-state index contributed by atoms with van der Waals surface area (Å²) in [6.45, 7) is 2.74. The number of aliphatic imine (C=N–C) groups is 1. The fraction of sp³-hybridized carbons (Fsp3) is 0.350. The third-order valence-electron chi connectivity index (χ3n) is 5.07. The number of fused-ring (bicyclic) bond motifs is 3. The zero-order valence-electron chi connectivity index (χ0n) is 14.9. The van der Waals surface area contributed by atoms with Crippen molar-refractivity contribution in [2.45, 2.75) is 32.1 Å². The van der Waals surface area contributed by atoms with Gasteiger partial charge in [-0.1, -0.05) is 43.3 Å². The van der Waals surface area contributed by atoms with Crippen molar-refractivity contribution in [2.24, 2.45) is 4.99 Å². The molecule has 2 aliphatic rings. The molecule has 1 fully saturated rings. The van der Waals surface area contributed by atoms with Gasteiger partial charge in [0.05, 0.1) is 29.8 Å². The molecule has 2 amide bonds. The molecule has 0 aromatic heterocycles. The third-order valence-corrected chi connectivity index (χ3v) is 5.17. The van der Waals surface area contributed by atoms with Gasteiger partial charge in [0.1, 0.15) is 0 Å². The Morgan fingerprint density at radius 3 is 2.81 bits per heavy atom. The first-order valence-corrected chi connectivity index (χ1v) is 9.38. The van der Waals surface area contributed by atoms with Crippen LogP contribution in [-0.2, 0) is 16.0 Å². The van der Waals surface area contributed by atoms with E-state index in [0.717, 1.165) is 22.8 Å². The topological polar surface area (TPSA) is 62.2 Å². The van der Waals surface area contributed by atoms with Gasteiger partial charge in [0.25, 0.3) is 5.91 Å². The Hall–Kier alpha value is -2.44. The highest BCUT2D eigenvalue weighted by molar-refractivity contribution is 7.78. The van der Waals surface area contributed by atoms with Crippen LogP contribution >= 0.6 is 12.2 Å². The molecule has 0 bridgehead atoms. The van der Waals surface area contributed by atoms with E-state index in [1.165, 1.54) is 5.01 Å². The molecular formula is C20H19N3O3S. The highest BCUT2D eigenvalue weighted by Gasteiger charge is 2.40. The number of hydrazine groups is 1. The van der Waals surface area contributed by atoms with Crippen molar-refractivity contribution in [3.63, 3.8) is 0 Å². The molecule has 0 N–H and O–H groups in total. The summed E-state index contributed by atoms with van der Waals surface area (Å²) >= 11 is 4.69. The minimum atomic E-state index is -0.532. The van der Waals surface area contributed by atoms with Gasteiger partial charge in [0.15, 0.2) is 6.23 Å². The second kappa shape index (κ2) is 7.29. The van der Waals surface area contributed by atoms with Gasteiger partial charge in [-0.3, -0.25) is 9.59 Å². The Balaban J connectivity index is 1.74. The number of nitrogens with zero attached hydrogens (tertiary/aromatic N) is 3. The zero-order valence-corrected chi connectivity index (χ0v) is 15.7. The summed E-state index contributed by atoms with van der Waals surface area (Å²) < 4.78 is 5.82. The minimum absolute atomic E-state index is 0.134. The van der Waals surface area contributed by atoms with Gasteiger partial charge in [-0.25, -0.2) is 10.0 Å². The summed E-state index contributed by atoms with van der Waals surface area (Å²) in [6.07, 6.45) is 0.276. The van der Waals surface area contributed by atoms with Crippen LogP contribution in [0.3, 0.4) is 0 Å². The van der Waals surface area contributed by atoms with Gasteiger partial charge in [-0.05, 0) is 35.0 Å². The second-order valence-electron chi connectivity index (χ2n) is 6.72. The molecule has 4 rings (SSSR count). The largest absolute Gasteiger partial charge is 0.350 e. The Morgan fingerprint density at radius 2 is 2.04 bits per heavy atom. The monoisotopic (exact) mass is 381 g/mol. The summed E-state index contributed by atoms with van der Waals surface area (Å²) in [5, 5.41) is 7.20. The van der Waals surface area contributed by atoms with Crippen LogP contribution in [0.2, 0.25) is 0 Å². The highest BCUT2D eigenvalue weighted by Crippen LogP contribution is 2.30. The van der Waals surface area contributed by atoms with Crippen LogP contribution in [0.15, 0.2) is 41.4 Å². The molecule has 0 radical (unpaired) electrons. The lowest BCUT2D eigenvalue weighted by atomic mass is 9.93. The summed E-state index contributed by atoms with van der Waals surface area (Å²) in [5.41, 5.74) is 1.37. The Kier molecular flexibility index (Phi) is 4.85.